The van der Waals surface area contributed by atoms with E-state index in [2.05, 4.69) is 260 Å². The molecule has 0 radical (unpaired) electrons. The van der Waals surface area contributed by atoms with E-state index in [1.165, 1.54) is 61.4 Å². The van der Waals surface area contributed by atoms with Crippen LogP contribution in [0.3, 0.4) is 0 Å². The zero-order valence-corrected chi connectivity index (χ0v) is 41.6. The van der Waals surface area contributed by atoms with Gasteiger partial charge in [0.25, 0.3) is 0 Å². The Morgan fingerprint density at radius 3 is 1.75 bits per heavy atom. The highest BCUT2D eigenvalue weighted by Gasteiger charge is 2.33. The van der Waals surface area contributed by atoms with Crippen LogP contribution in [0.5, 0.6) is 11.5 Å². The van der Waals surface area contributed by atoms with Crippen LogP contribution in [0.4, 0.5) is 22.7 Å². The van der Waals surface area contributed by atoms with Crippen molar-refractivity contribution in [2.45, 2.75) is 97.8 Å². The summed E-state index contributed by atoms with van der Waals surface area (Å²) in [7, 11) is 0. The summed E-state index contributed by atoms with van der Waals surface area (Å²) < 4.78 is 9.45. The molecule has 0 atom stereocenters. The second kappa shape index (κ2) is 16.6. The minimum atomic E-state index is -0.326. The molecule has 0 unspecified atom stereocenters. The summed E-state index contributed by atoms with van der Waals surface area (Å²) in [6.07, 6.45) is 1.94. The highest BCUT2D eigenvalue weighted by molar-refractivity contribution is 6.10. The Morgan fingerprint density at radius 1 is 0.412 bits per heavy atom. The van der Waals surface area contributed by atoms with Crippen molar-refractivity contribution in [1.82, 2.24) is 9.55 Å². The number of hydrogen-bond donors (Lipinski definition) is 0. The lowest BCUT2D eigenvalue weighted by Gasteiger charge is -2.29. The molecule has 0 spiro atoms. The molecule has 9 aromatic rings. The van der Waals surface area contributed by atoms with E-state index in [1.54, 1.807) is 0 Å². The summed E-state index contributed by atoms with van der Waals surface area (Å²) in [6, 6.07) is 62.1. The van der Waals surface area contributed by atoms with Gasteiger partial charge in [-0.15, -0.1) is 0 Å². The SMILES string of the molecule is CC(C)(C)c1ccc(N2CN(c3cc(Oc4ccc5c6cc(-c7ccccc7)ccc6n(-c6cc(C(C)(C)C)ccn6)c5c4)cc(C(C)(C)c4ccccc4)c3)c3ccc(C(C)(C)C)cc32)cc1. The van der Waals surface area contributed by atoms with E-state index in [-0.39, 0.29) is 21.7 Å². The fourth-order valence-corrected chi connectivity index (χ4v) is 9.76. The van der Waals surface area contributed by atoms with Crippen molar-refractivity contribution in [3.63, 3.8) is 0 Å². The van der Waals surface area contributed by atoms with Gasteiger partial charge in [0.05, 0.1) is 22.4 Å². The molecule has 0 saturated heterocycles. The first-order valence-electron chi connectivity index (χ1n) is 24.1. The molecular weight excluding hydrogens is 829 g/mol. The Labute approximate surface area is 403 Å². The van der Waals surface area contributed by atoms with Crippen molar-refractivity contribution < 1.29 is 4.74 Å². The smallest absolute Gasteiger partial charge is 0.137 e. The zero-order valence-electron chi connectivity index (χ0n) is 41.6. The first kappa shape index (κ1) is 44.7. The number of ether oxygens (including phenoxy) is 1. The molecule has 10 rings (SSSR count). The van der Waals surface area contributed by atoms with Gasteiger partial charge in [0, 0.05) is 45.9 Å². The maximum atomic E-state index is 7.15. The fourth-order valence-electron chi connectivity index (χ4n) is 9.76. The molecule has 0 N–H and O–H groups in total. The molecule has 2 aromatic heterocycles. The van der Waals surface area contributed by atoms with Gasteiger partial charge in [-0.1, -0.05) is 161 Å². The third-order valence-corrected chi connectivity index (χ3v) is 14.1. The molecular formula is C63H64N4O. The van der Waals surface area contributed by atoms with Crippen molar-refractivity contribution in [2.24, 2.45) is 0 Å². The maximum absolute atomic E-state index is 7.15. The number of benzene rings is 7. The van der Waals surface area contributed by atoms with Crippen LogP contribution in [-0.4, -0.2) is 16.2 Å². The molecule has 68 heavy (non-hydrogen) atoms. The van der Waals surface area contributed by atoms with E-state index in [4.69, 9.17) is 9.72 Å². The molecule has 5 heteroatoms. The minimum Gasteiger partial charge on any atom is -0.457 e. The number of rotatable bonds is 8. The fraction of sp³-hybridized carbons (Fsp3) is 0.254. The molecule has 1 aliphatic rings. The molecule has 5 nitrogen and oxygen atoms in total. The third-order valence-electron chi connectivity index (χ3n) is 14.1. The summed E-state index contributed by atoms with van der Waals surface area (Å²) in [6.45, 7) is 25.7. The van der Waals surface area contributed by atoms with Gasteiger partial charge in [0.1, 0.15) is 24.0 Å². The van der Waals surface area contributed by atoms with E-state index >= 15 is 0 Å². The predicted molar refractivity (Wildman–Crippen MR) is 287 cm³/mol. The van der Waals surface area contributed by atoms with Crippen LogP contribution >= 0.6 is 0 Å². The number of pyridine rings is 1. The molecule has 0 fully saturated rings. The van der Waals surface area contributed by atoms with E-state index in [9.17, 15) is 0 Å². The van der Waals surface area contributed by atoms with Gasteiger partial charge < -0.3 is 14.5 Å². The lowest BCUT2D eigenvalue weighted by atomic mass is 9.78. The Hall–Kier alpha value is -7.11. The Kier molecular flexibility index (Phi) is 10.9. The van der Waals surface area contributed by atoms with Gasteiger partial charge in [-0.3, -0.25) is 4.57 Å². The first-order chi connectivity index (χ1) is 32.3. The zero-order chi connectivity index (χ0) is 47.8. The summed E-state index contributed by atoms with van der Waals surface area (Å²) in [5.41, 5.74) is 15.1. The average molecular weight is 893 g/mol. The highest BCUT2D eigenvalue weighted by atomic mass is 16.5. The normalized spacial score (nSPS) is 13.4. The van der Waals surface area contributed by atoms with Gasteiger partial charge in [0.2, 0.25) is 0 Å². The van der Waals surface area contributed by atoms with Crippen LogP contribution in [0.1, 0.15) is 104 Å². The first-order valence-corrected chi connectivity index (χ1v) is 24.1. The summed E-state index contributed by atoms with van der Waals surface area (Å²) in [4.78, 5) is 9.92. The molecule has 3 heterocycles. The average Bonchev–Trinajstić information content (AvgIpc) is 3.86. The number of fused-ring (bicyclic) bond motifs is 4. The summed E-state index contributed by atoms with van der Waals surface area (Å²) >= 11 is 0. The van der Waals surface area contributed by atoms with E-state index in [1.807, 2.05) is 6.20 Å². The van der Waals surface area contributed by atoms with Crippen LogP contribution < -0.4 is 14.5 Å². The van der Waals surface area contributed by atoms with Crippen LogP contribution in [0.25, 0.3) is 38.8 Å². The predicted octanol–water partition coefficient (Wildman–Crippen LogP) is 17.1. The summed E-state index contributed by atoms with van der Waals surface area (Å²) in [5.74, 6) is 2.43. The number of anilines is 4. The maximum Gasteiger partial charge on any atom is 0.137 e. The van der Waals surface area contributed by atoms with Gasteiger partial charge in [-0.2, -0.15) is 0 Å². The van der Waals surface area contributed by atoms with Gasteiger partial charge in [0.15, 0.2) is 0 Å². The Morgan fingerprint density at radius 2 is 1.06 bits per heavy atom. The minimum absolute atomic E-state index is 0.00666. The largest absolute Gasteiger partial charge is 0.457 e. The molecule has 0 saturated carbocycles. The Balaban J connectivity index is 1.12. The molecule has 0 bridgehead atoms. The number of aromatic nitrogens is 2. The summed E-state index contributed by atoms with van der Waals surface area (Å²) in [5, 5.41) is 2.32. The lowest BCUT2D eigenvalue weighted by molar-refractivity contribution is 0.480. The van der Waals surface area contributed by atoms with Crippen LogP contribution in [0.2, 0.25) is 0 Å². The second-order valence-corrected chi connectivity index (χ2v) is 22.3. The van der Waals surface area contributed by atoms with Crippen molar-refractivity contribution in [3.8, 4) is 28.4 Å². The molecule has 1 aliphatic heterocycles. The van der Waals surface area contributed by atoms with E-state index in [0.717, 1.165) is 39.4 Å². The molecule has 7 aromatic carbocycles. The monoisotopic (exact) mass is 893 g/mol. The highest BCUT2D eigenvalue weighted by Crippen LogP contribution is 2.49. The molecule has 342 valence electrons. The van der Waals surface area contributed by atoms with Crippen molar-refractivity contribution >= 4 is 44.6 Å². The van der Waals surface area contributed by atoms with Gasteiger partial charge >= 0.3 is 0 Å². The number of nitrogens with zero attached hydrogens (tertiary/aromatic N) is 4. The van der Waals surface area contributed by atoms with Crippen molar-refractivity contribution in [1.29, 1.82) is 0 Å². The number of hydrogen-bond acceptors (Lipinski definition) is 4. The topological polar surface area (TPSA) is 33.5 Å². The standard InChI is InChI=1S/C63H64N4O/c1-60(2,3)44-23-26-49(27-24-44)65-41-66(56-31-25-46(37-58(56)65)61(4,5)6)50-35-48(63(10,11)45-20-16-13-17-21-45)36-52(39-50)68-51-28-29-53-54-34-43(42-18-14-12-15-19-42)22-30-55(54)67(57(53)40-51)59-38-47(32-33-64-59)62(7,8)9/h12-40H,41H2,1-11H3. The van der Waals surface area contributed by atoms with E-state index < -0.39 is 0 Å². The van der Waals surface area contributed by atoms with Crippen LogP contribution in [-0.2, 0) is 21.7 Å². The van der Waals surface area contributed by atoms with Crippen molar-refractivity contribution in [2.75, 3.05) is 16.5 Å². The van der Waals surface area contributed by atoms with Gasteiger partial charge in [-0.25, -0.2) is 4.98 Å². The molecule has 0 aliphatic carbocycles. The van der Waals surface area contributed by atoms with Crippen LogP contribution in [0, 0.1) is 0 Å². The Bertz CT molecular complexity index is 3310. The van der Waals surface area contributed by atoms with Crippen LogP contribution in [0.15, 0.2) is 176 Å². The third kappa shape index (κ3) is 8.33. The lowest BCUT2D eigenvalue weighted by Crippen LogP contribution is -2.25. The second-order valence-electron chi connectivity index (χ2n) is 22.3. The van der Waals surface area contributed by atoms with Gasteiger partial charge in [-0.05, 0) is 128 Å². The quantitative estimate of drug-likeness (QED) is 0.152. The molecule has 0 amide bonds. The van der Waals surface area contributed by atoms with Crippen molar-refractivity contribution in [3.05, 3.63) is 204 Å². The van der Waals surface area contributed by atoms with E-state index in [0.29, 0.717) is 6.67 Å².